The highest BCUT2D eigenvalue weighted by Crippen LogP contribution is 2.26. The number of halogens is 1. The number of nitrogens with zero attached hydrogens (tertiary/aromatic N) is 1. The quantitative estimate of drug-likeness (QED) is 0.886. The summed E-state index contributed by atoms with van der Waals surface area (Å²) in [5.74, 6) is -1.06. The Labute approximate surface area is 117 Å². The van der Waals surface area contributed by atoms with Gasteiger partial charge in [0.15, 0.2) is 0 Å². The molecule has 0 atom stereocenters. The molecule has 0 bridgehead atoms. The molecular formula is C13H11BrN2O3. The molecule has 3 N–H and O–H groups in total. The summed E-state index contributed by atoms with van der Waals surface area (Å²) in [6.07, 6.45) is 0. The van der Waals surface area contributed by atoms with E-state index >= 15 is 0 Å². The standard InChI is InChI=1S/C13H11BrN2O3/c1-16-10(15)6-9(11(12(16)17)13(18)19)7-3-2-4-8(14)5-7/h2-6H,15H2,1H3,(H,18,19). The lowest BCUT2D eigenvalue weighted by atomic mass is 10.0. The maximum atomic E-state index is 12.0. The van der Waals surface area contributed by atoms with E-state index in [1.807, 2.05) is 6.07 Å². The van der Waals surface area contributed by atoms with E-state index < -0.39 is 11.5 Å². The first-order valence-corrected chi connectivity index (χ1v) is 6.20. The van der Waals surface area contributed by atoms with Crippen molar-refractivity contribution in [2.24, 2.45) is 7.05 Å². The van der Waals surface area contributed by atoms with Crippen molar-refractivity contribution in [1.82, 2.24) is 4.57 Å². The Hall–Kier alpha value is -2.08. The normalized spacial score (nSPS) is 10.4. The SMILES string of the molecule is Cn1c(N)cc(-c2cccc(Br)c2)c(C(=O)O)c1=O. The van der Waals surface area contributed by atoms with E-state index in [0.717, 1.165) is 9.04 Å². The second-order valence-corrected chi connectivity index (χ2v) is 4.95. The third-order valence-corrected chi connectivity index (χ3v) is 3.31. The van der Waals surface area contributed by atoms with Crippen LogP contribution in [-0.2, 0) is 7.05 Å². The van der Waals surface area contributed by atoms with Crippen LogP contribution in [0.3, 0.4) is 0 Å². The van der Waals surface area contributed by atoms with Crippen LogP contribution in [-0.4, -0.2) is 15.6 Å². The number of aromatic carboxylic acids is 1. The van der Waals surface area contributed by atoms with Gasteiger partial charge in [0.25, 0.3) is 5.56 Å². The van der Waals surface area contributed by atoms with Crippen LogP contribution in [0.2, 0.25) is 0 Å². The molecule has 6 heteroatoms. The van der Waals surface area contributed by atoms with Gasteiger partial charge in [-0.3, -0.25) is 9.36 Å². The van der Waals surface area contributed by atoms with Crippen LogP contribution < -0.4 is 11.3 Å². The molecule has 1 aromatic heterocycles. The number of hydrogen-bond acceptors (Lipinski definition) is 3. The first-order valence-electron chi connectivity index (χ1n) is 5.40. The summed E-state index contributed by atoms with van der Waals surface area (Å²) in [4.78, 5) is 23.3. The molecule has 0 saturated carbocycles. The second kappa shape index (κ2) is 4.89. The predicted molar refractivity (Wildman–Crippen MR) is 76.2 cm³/mol. The zero-order chi connectivity index (χ0) is 14.2. The molecule has 0 aliphatic heterocycles. The molecule has 0 amide bonds. The molecule has 0 aliphatic rings. The van der Waals surface area contributed by atoms with Crippen LogP contribution in [0.1, 0.15) is 10.4 Å². The lowest BCUT2D eigenvalue weighted by Crippen LogP contribution is -2.27. The number of aromatic nitrogens is 1. The van der Waals surface area contributed by atoms with Gasteiger partial charge in [-0.2, -0.15) is 0 Å². The Kier molecular flexibility index (Phi) is 3.44. The Morgan fingerprint density at radius 3 is 2.63 bits per heavy atom. The van der Waals surface area contributed by atoms with Crippen LogP contribution in [0.5, 0.6) is 0 Å². The molecule has 19 heavy (non-hydrogen) atoms. The van der Waals surface area contributed by atoms with Crippen molar-refractivity contribution >= 4 is 27.7 Å². The van der Waals surface area contributed by atoms with Crippen LogP contribution in [0, 0.1) is 0 Å². The van der Waals surface area contributed by atoms with Crippen LogP contribution in [0.4, 0.5) is 5.82 Å². The van der Waals surface area contributed by atoms with Gasteiger partial charge in [-0.05, 0) is 23.8 Å². The minimum Gasteiger partial charge on any atom is -0.477 e. The fourth-order valence-corrected chi connectivity index (χ4v) is 2.21. The smallest absolute Gasteiger partial charge is 0.341 e. The number of anilines is 1. The topological polar surface area (TPSA) is 85.3 Å². The molecule has 1 heterocycles. The minimum atomic E-state index is -1.27. The largest absolute Gasteiger partial charge is 0.477 e. The average molecular weight is 323 g/mol. The van der Waals surface area contributed by atoms with Gasteiger partial charge in [0.1, 0.15) is 11.4 Å². The number of rotatable bonds is 2. The molecule has 5 nitrogen and oxygen atoms in total. The molecule has 0 radical (unpaired) electrons. The summed E-state index contributed by atoms with van der Waals surface area (Å²) in [5.41, 5.74) is 5.75. The molecule has 2 rings (SSSR count). The van der Waals surface area contributed by atoms with Gasteiger partial charge in [-0.25, -0.2) is 4.79 Å². The molecule has 0 unspecified atom stereocenters. The third kappa shape index (κ3) is 2.39. The van der Waals surface area contributed by atoms with E-state index in [0.29, 0.717) is 11.1 Å². The number of benzene rings is 1. The van der Waals surface area contributed by atoms with Crippen molar-refractivity contribution in [2.45, 2.75) is 0 Å². The number of nitrogens with two attached hydrogens (primary N) is 1. The molecule has 0 spiro atoms. The molecule has 2 aromatic rings. The second-order valence-electron chi connectivity index (χ2n) is 4.04. The van der Waals surface area contributed by atoms with Crippen molar-refractivity contribution in [3.05, 3.63) is 50.7 Å². The molecule has 0 fully saturated rings. The average Bonchev–Trinajstić information content (AvgIpc) is 2.35. The lowest BCUT2D eigenvalue weighted by molar-refractivity contribution is 0.0695. The highest BCUT2D eigenvalue weighted by molar-refractivity contribution is 9.10. The predicted octanol–water partition coefficient (Wildman–Crippen LogP) is 2.10. The number of nitrogen functional groups attached to an aromatic ring is 1. The monoisotopic (exact) mass is 322 g/mol. The van der Waals surface area contributed by atoms with Gasteiger partial charge >= 0.3 is 5.97 Å². The Bertz CT molecular complexity index is 722. The van der Waals surface area contributed by atoms with E-state index in [9.17, 15) is 14.7 Å². The summed E-state index contributed by atoms with van der Waals surface area (Å²) >= 11 is 3.31. The van der Waals surface area contributed by atoms with E-state index in [-0.39, 0.29) is 11.4 Å². The molecule has 1 aromatic carbocycles. The zero-order valence-corrected chi connectivity index (χ0v) is 11.6. The highest BCUT2D eigenvalue weighted by atomic mass is 79.9. The first kappa shape index (κ1) is 13.4. The minimum absolute atomic E-state index is 0.213. The van der Waals surface area contributed by atoms with Crippen molar-refractivity contribution < 1.29 is 9.90 Å². The summed E-state index contributed by atoms with van der Waals surface area (Å²) in [6.45, 7) is 0. The maximum absolute atomic E-state index is 12.0. The number of carboxylic acids is 1. The van der Waals surface area contributed by atoms with Crippen molar-refractivity contribution in [2.75, 3.05) is 5.73 Å². The Morgan fingerprint density at radius 1 is 1.37 bits per heavy atom. The highest BCUT2D eigenvalue weighted by Gasteiger charge is 2.19. The maximum Gasteiger partial charge on any atom is 0.341 e. The van der Waals surface area contributed by atoms with Crippen molar-refractivity contribution in [3.63, 3.8) is 0 Å². The van der Waals surface area contributed by atoms with E-state index in [2.05, 4.69) is 15.9 Å². The number of pyridine rings is 1. The molecule has 0 aliphatic carbocycles. The molecular weight excluding hydrogens is 312 g/mol. The first-order chi connectivity index (χ1) is 8.91. The number of carbonyl (C=O) groups is 1. The molecule has 98 valence electrons. The van der Waals surface area contributed by atoms with Crippen LogP contribution >= 0.6 is 15.9 Å². The van der Waals surface area contributed by atoms with Gasteiger partial charge < -0.3 is 10.8 Å². The molecule has 0 saturated heterocycles. The third-order valence-electron chi connectivity index (χ3n) is 2.82. The van der Waals surface area contributed by atoms with E-state index in [1.54, 1.807) is 18.2 Å². The van der Waals surface area contributed by atoms with Gasteiger partial charge in [0.05, 0.1) is 0 Å². The lowest BCUT2D eigenvalue weighted by Gasteiger charge is -2.11. The van der Waals surface area contributed by atoms with Gasteiger partial charge in [-0.1, -0.05) is 28.1 Å². The van der Waals surface area contributed by atoms with E-state index in [1.165, 1.54) is 13.1 Å². The summed E-state index contributed by atoms with van der Waals surface area (Å²) in [6, 6.07) is 8.53. The van der Waals surface area contributed by atoms with Gasteiger partial charge in [0.2, 0.25) is 0 Å². The van der Waals surface area contributed by atoms with Crippen LogP contribution in [0.15, 0.2) is 39.6 Å². The Morgan fingerprint density at radius 2 is 2.05 bits per heavy atom. The van der Waals surface area contributed by atoms with Crippen LogP contribution in [0.25, 0.3) is 11.1 Å². The van der Waals surface area contributed by atoms with Gasteiger partial charge in [0, 0.05) is 17.1 Å². The van der Waals surface area contributed by atoms with Crippen molar-refractivity contribution in [1.29, 1.82) is 0 Å². The number of hydrogen-bond donors (Lipinski definition) is 2. The van der Waals surface area contributed by atoms with Crippen molar-refractivity contribution in [3.8, 4) is 11.1 Å². The fourth-order valence-electron chi connectivity index (χ4n) is 1.81. The summed E-state index contributed by atoms with van der Waals surface area (Å²) in [5, 5.41) is 9.23. The fraction of sp³-hybridized carbons (Fsp3) is 0.0769. The summed E-state index contributed by atoms with van der Waals surface area (Å²) < 4.78 is 1.91. The summed E-state index contributed by atoms with van der Waals surface area (Å²) in [7, 11) is 1.44. The zero-order valence-electron chi connectivity index (χ0n) is 10.1. The van der Waals surface area contributed by atoms with E-state index in [4.69, 9.17) is 5.73 Å². The van der Waals surface area contributed by atoms with Gasteiger partial charge in [-0.15, -0.1) is 0 Å². The Balaban J connectivity index is 2.83. The number of carboxylic acid groups (broad SMARTS) is 1.